The molecule has 1 heterocycles. The van der Waals surface area contributed by atoms with Gasteiger partial charge in [0, 0.05) is 0 Å². The Hall–Kier alpha value is -2.30. The number of likely N-dealkylation sites (tertiary alicyclic amines) is 1. The van der Waals surface area contributed by atoms with E-state index in [0.717, 1.165) is 0 Å². The highest BCUT2D eigenvalue weighted by Crippen LogP contribution is 2.33. The number of hydrogen-bond donors (Lipinski definition) is 5. The molecule has 25 heavy (non-hydrogen) atoms. The van der Waals surface area contributed by atoms with Crippen LogP contribution in [0.15, 0.2) is 12.1 Å². The van der Waals surface area contributed by atoms with Gasteiger partial charge in [0.15, 0.2) is 0 Å². The van der Waals surface area contributed by atoms with Gasteiger partial charge in [0.25, 0.3) is 0 Å². The highest BCUT2D eigenvalue weighted by molar-refractivity contribution is 6.41. The van der Waals surface area contributed by atoms with Crippen LogP contribution in [0.3, 0.4) is 0 Å². The van der Waals surface area contributed by atoms with Crippen molar-refractivity contribution in [2.45, 2.75) is 18.8 Å². The van der Waals surface area contributed by atoms with E-state index in [-0.39, 0.29) is 48.2 Å². The summed E-state index contributed by atoms with van der Waals surface area (Å²) >= 11 is 0. The Morgan fingerprint density at radius 3 is 2.60 bits per heavy atom. The summed E-state index contributed by atoms with van der Waals surface area (Å²) in [5.74, 6) is -1.85. The molecule has 1 aliphatic rings. The van der Waals surface area contributed by atoms with Crippen LogP contribution >= 0.6 is 0 Å². The Balaban J connectivity index is 2.07. The van der Waals surface area contributed by atoms with E-state index in [0.29, 0.717) is 13.1 Å². The van der Waals surface area contributed by atoms with Crippen LogP contribution in [0, 0.1) is 0 Å². The maximum atomic E-state index is 11.7. The smallest absolute Gasteiger partial charge is 0.451 e. The SMILES string of the molecule is CNCC(=O)N1CC(Oc2ccc(CCB(O)O)c(O)c2C(=O)O)C1. The number of nitrogens with one attached hydrogen (secondary N) is 1. The van der Waals surface area contributed by atoms with Crippen molar-refractivity contribution in [2.75, 3.05) is 26.7 Å². The van der Waals surface area contributed by atoms with Gasteiger partial charge >= 0.3 is 13.1 Å². The Bertz CT molecular complexity index is 647. The predicted molar refractivity (Wildman–Crippen MR) is 88.7 cm³/mol. The molecule has 9 nitrogen and oxygen atoms in total. The van der Waals surface area contributed by atoms with Crippen molar-refractivity contribution in [3.63, 3.8) is 0 Å². The fraction of sp³-hybridized carbons (Fsp3) is 0.467. The third kappa shape index (κ3) is 4.62. The lowest BCUT2D eigenvalue weighted by atomic mass is 9.82. The third-order valence-electron chi connectivity index (χ3n) is 3.93. The topological polar surface area (TPSA) is 140 Å². The van der Waals surface area contributed by atoms with Crippen molar-refractivity contribution >= 4 is 19.0 Å². The van der Waals surface area contributed by atoms with Crippen LogP contribution in [0.4, 0.5) is 0 Å². The van der Waals surface area contributed by atoms with Gasteiger partial charge in [0.2, 0.25) is 5.91 Å². The lowest BCUT2D eigenvalue weighted by Crippen LogP contribution is -2.57. The lowest BCUT2D eigenvalue weighted by molar-refractivity contribution is -0.138. The minimum Gasteiger partial charge on any atom is -0.507 e. The van der Waals surface area contributed by atoms with Crippen LogP contribution in [-0.2, 0) is 11.2 Å². The van der Waals surface area contributed by atoms with Crippen LogP contribution in [0.1, 0.15) is 15.9 Å². The van der Waals surface area contributed by atoms with Crippen molar-refractivity contribution in [1.82, 2.24) is 10.2 Å². The van der Waals surface area contributed by atoms with Crippen molar-refractivity contribution in [3.8, 4) is 11.5 Å². The molecule has 1 amide bonds. The number of carboxylic acid groups (broad SMARTS) is 1. The zero-order valence-electron chi connectivity index (χ0n) is 13.8. The van der Waals surface area contributed by atoms with E-state index >= 15 is 0 Å². The number of carbonyl (C=O) groups excluding carboxylic acids is 1. The van der Waals surface area contributed by atoms with Gasteiger partial charge in [0.05, 0.1) is 19.6 Å². The number of rotatable bonds is 8. The maximum absolute atomic E-state index is 11.7. The first kappa shape index (κ1) is 19.0. The third-order valence-corrected chi connectivity index (χ3v) is 3.93. The molecule has 0 bridgehead atoms. The zero-order chi connectivity index (χ0) is 18.6. The van der Waals surface area contributed by atoms with Gasteiger partial charge in [-0.2, -0.15) is 0 Å². The normalized spacial score (nSPS) is 14.1. The first-order chi connectivity index (χ1) is 11.8. The number of phenols is 1. The number of amides is 1. The van der Waals surface area contributed by atoms with Gasteiger partial charge < -0.3 is 35.2 Å². The minimum atomic E-state index is -1.54. The van der Waals surface area contributed by atoms with E-state index in [9.17, 15) is 19.8 Å². The van der Waals surface area contributed by atoms with E-state index in [1.807, 2.05) is 0 Å². The van der Waals surface area contributed by atoms with E-state index in [2.05, 4.69) is 5.32 Å². The molecule has 0 saturated carbocycles. The van der Waals surface area contributed by atoms with E-state index in [1.165, 1.54) is 12.1 Å². The van der Waals surface area contributed by atoms with Crippen molar-refractivity contribution in [3.05, 3.63) is 23.3 Å². The highest BCUT2D eigenvalue weighted by atomic mass is 16.5. The second kappa shape index (κ2) is 8.19. The number of hydrogen-bond acceptors (Lipinski definition) is 7. The first-order valence-corrected chi connectivity index (χ1v) is 7.86. The number of aromatic carboxylic acids is 1. The summed E-state index contributed by atoms with van der Waals surface area (Å²) in [4.78, 5) is 24.7. The largest absolute Gasteiger partial charge is 0.507 e. The van der Waals surface area contributed by atoms with Crippen LogP contribution in [0.5, 0.6) is 11.5 Å². The fourth-order valence-corrected chi connectivity index (χ4v) is 2.57. The van der Waals surface area contributed by atoms with E-state index in [4.69, 9.17) is 14.8 Å². The average molecular weight is 352 g/mol. The summed E-state index contributed by atoms with van der Waals surface area (Å²) in [6, 6.07) is 2.92. The molecule has 0 radical (unpaired) electrons. The Morgan fingerprint density at radius 2 is 2.04 bits per heavy atom. The van der Waals surface area contributed by atoms with Gasteiger partial charge in [-0.25, -0.2) is 4.79 Å². The molecule has 0 aromatic heterocycles. The molecule has 10 heteroatoms. The molecule has 0 aliphatic carbocycles. The molecule has 1 aliphatic heterocycles. The molecule has 0 unspecified atom stereocenters. The molecule has 0 atom stereocenters. The summed E-state index contributed by atoms with van der Waals surface area (Å²) in [5.41, 5.74) is -0.0813. The zero-order valence-corrected chi connectivity index (χ0v) is 13.8. The van der Waals surface area contributed by atoms with Crippen LogP contribution < -0.4 is 10.1 Å². The number of benzene rings is 1. The summed E-state index contributed by atoms with van der Waals surface area (Å²) in [5, 5.41) is 40.1. The standard InChI is InChI=1S/C15H21BN2O7/c1-17-6-12(19)18-7-10(8-18)25-11-3-2-9(4-5-16(23)24)14(20)13(11)15(21)22/h2-3,10,17,20,23-24H,4-8H2,1H3,(H,21,22). The minimum absolute atomic E-state index is 0.0176. The molecular formula is C15H21BN2O7. The number of likely N-dealkylation sites (N-methyl/N-ethyl adjacent to an activating group) is 1. The molecule has 1 aromatic carbocycles. The quantitative estimate of drug-likeness (QED) is 0.372. The van der Waals surface area contributed by atoms with Crippen molar-refractivity contribution in [1.29, 1.82) is 0 Å². The Morgan fingerprint density at radius 1 is 1.36 bits per heavy atom. The summed E-state index contributed by atoms with van der Waals surface area (Å²) in [6.07, 6.45) is -0.263. The monoisotopic (exact) mass is 352 g/mol. The van der Waals surface area contributed by atoms with Crippen LogP contribution in [0.25, 0.3) is 0 Å². The maximum Gasteiger partial charge on any atom is 0.451 e. The summed E-state index contributed by atoms with van der Waals surface area (Å²) in [6.45, 7) is 0.914. The molecule has 1 fully saturated rings. The molecule has 136 valence electrons. The van der Waals surface area contributed by atoms with Crippen molar-refractivity contribution in [2.24, 2.45) is 0 Å². The lowest BCUT2D eigenvalue weighted by Gasteiger charge is -2.39. The van der Waals surface area contributed by atoms with E-state index < -0.39 is 18.8 Å². The molecule has 2 rings (SSSR count). The number of ether oxygens (including phenoxy) is 1. The molecule has 5 N–H and O–H groups in total. The first-order valence-electron chi connectivity index (χ1n) is 7.86. The molecule has 1 saturated heterocycles. The highest BCUT2D eigenvalue weighted by Gasteiger charge is 2.33. The van der Waals surface area contributed by atoms with E-state index in [1.54, 1.807) is 11.9 Å². The van der Waals surface area contributed by atoms with Gasteiger partial charge in [-0.1, -0.05) is 6.07 Å². The van der Waals surface area contributed by atoms with Gasteiger partial charge in [-0.15, -0.1) is 0 Å². The number of carbonyl (C=O) groups is 2. The summed E-state index contributed by atoms with van der Waals surface area (Å²) < 4.78 is 5.61. The molecular weight excluding hydrogens is 331 g/mol. The fourth-order valence-electron chi connectivity index (χ4n) is 2.57. The average Bonchev–Trinajstić information content (AvgIpc) is 2.49. The van der Waals surface area contributed by atoms with Gasteiger partial charge in [0.1, 0.15) is 23.2 Å². The molecule has 0 spiro atoms. The van der Waals surface area contributed by atoms with Gasteiger partial charge in [-0.3, -0.25) is 4.79 Å². The number of nitrogens with zero attached hydrogens (tertiary/aromatic N) is 1. The van der Waals surface area contributed by atoms with Crippen LogP contribution in [-0.4, -0.2) is 76.9 Å². The Labute approximate surface area is 145 Å². The number of carboxylic acids is 1. The van der Waals surface area contributed by atoms with Crippen molar-refractivity contribution < 1.29 is 34.6 Å². The Kier molecular flexibility index (Phi) is 6.24. The molecule has 1 aromatic rings. The van der Waals surface area contributed by atoms with Crippen LogP contribution in [0.2, 0.25) is 6.32 Å². The number of aromatic hydroxyl groups is 1. The second-order valence-electron chi connectivity index (χ2n) is 5.84. The van der Waals surface area contributed by atoms with Gasteiger partial charge in [-0.05, 0) is 31.4 Å². The summed E-state index contributed by atoms with van der Waals surface area (Å²) in [7, 11) is 0.130. The predicted octanol–water partition coefficient (Wildman–Crippen LogP) is -1.09. The number of aryl methyl sites for hydroxylation is 1. The second-order valence-corrected chi connectivity index (χ2v) is 5.84.